The van der Waals surface area contributed by atoms with Gasteiger partial charge in [-0.05, 0) is 31.0 Å². The predicted molar refractivity (Wildman–Crippen MR) is 75.7 cm³/mol. The lowest BCUT2D eigenvalue weighted by molar-refractivity contribution is -0.142. The Hall–Kier alpha value is -1.91. The van der Waals surface area contributed by atoms with E-state index in [1.807, 2.05) is 6.07 Å². The van der Waals surface area contributed by atoms with Crippen molar-refractivity contribution < 1.29 is 18.3 Å². The zero-order valence-corrected chi connectivity index (χ0v) is 12.4. The standard InChI is InChI=1S/C14H16N2O4S/c1-10-13(14(17)18)5-6-16(10)21(19,20)9-12-4-2-3-11(7-12)8-15/h2-4,7,10,13H,5-6,9H2,1H3,(H,17,18). The average Bonchev–Trinajstić information content (AvgIpc) is 2.81. The highest BCUT2D eigenvalue weighted by Gasteiger charge is 2.41. The molecule has 1 aromatic carbocycles. The van der Waals surface area contributed by atoms with Crippen LogP contribution in [0.3, 0.4) is 0 Å². The molecule has 2 unspecified atom stereocenters. The molecule has 0 spiro atoms. The monoisotopic (exact) mass is 308 g/mol. The number of carboxylic acid groups (broad SMARTS) is 1. The van der Waals surface area contributed by atoms with Crippen molar-refractivity contribution in [1.82, 2.24) is 4.31 Å². The largest absolute Gasteiger partial charge is 0.481 e. The Balaban J connectivity index is 2.19. The summed E-state index contributed by atoms with van der Waals surface area (Å²) < 4.78 is 26.1. The van der Waals surface area contributed by atoms with Crippen molar-refractivity contribution in [2.24, 2.45) is 5.92 Å². The Labute approximate surface area is 123 Å². The molecule has 0 amide bonds. The quantitative estimate of drug-likeness (QED) is 0.900. The SMILES string of the molecule is CC1C(C(=O)O)CCN1S(=O)(=O)Cc1cccc(C#N)c1. The van der Waals surface area contributed by atoms with Gasteiger partial charge in [-0.15, -0.1) is 0 Å². The van der Waals surface area contributed by atoms with Gasteiger partial charge in [0, 0.05) is 12.6 Å². The third kappa shape index (κ3) is 3.23. The number of nitrogens with zero attached hydrogens (tertiary/aromatic N) is 2. The van der Waals surface area contributed by atoms with Gasteiger partial charge in [0.05, 0.1) is 23.3 Å². The number of carboxylic acids is 1. The third-order valence-corrected chi connectivity index (χ3v) is 5.70. The molecule has 1 heterocycles. The van der Waals surface area contributed by atoms with E-state index < -0.39 is 28.0 Å². The van der Waals surface area contributed by atoms with Crippen molar-refractivity contribution in [2.45, 2.75) is 25.1 Å². The molecule has 0 radical (unpaired) electrons. The van der Waals surface area contributed by atoms with Gasteiger partial charge in [0.2, 0.25) is 10.0 Å². The van der Waals surface area contributed by atoms with E-state index in [2.05, 4.69) is 0 Å². The fourth-order valence-electron chi connectivity index (χ4n) is 2.66. The first-order chi connectivity index (χ1) is 9.85. The van der Waals surface area contributed by atoms with Crippen LogP contribution in [0.2, 0.25) is 0 Å². The summed E-state index contributed by atoms with van der Waals surface area (Å²) in [6, 6.07) is 7.84. The van der Waals surface area contributed by atoms with Gasteiger partial charge in [-0.2, -0.15) is 9.57 Å². The van der Waals surface area contributed by atoms with Gasteiger partial charge in [0.1, 0.15) is 0 Å². The molecule has 7 heteroatoms. The molecule has 1 saturated heterocycles. The molecule has 1 N–H and O–H groups in total. The van der Waals surface area contributed by atoms with Gasteiger partial charge in [0.25, 0.3) is 0 Å². The summed E-state index contributed by atoms with van der Waals surface area (Å²) in [6.45, 7) is 1.84. The first-order valence-corrected chi connectivity index (χ1v) is 8.17. The van der Waals surface area contributed by atoms with Crippen LogP contribution < -0.4 is 0 Å². The third-order valence-electron chi connectivity index (χ3n) is 3.78. The van der Waals surface area contributed by atoms with E-state index >= 15 is 0 Å². The number of carbonyl (C=O) groups is 1. The number of hydrogen-bond acceptors (Lipinski definition) is 4. The van der Waals surface area contributed by atoms with Crippen LogP contribution in [0.1, 0.15) is 24.5 Å². The molecule has 0 bridgehead atoms. The Morgan fingerprint density at radius 3 is 2.81 bits per heavy atom. The number of rotatable bonds is 4. The van der Waals surface area contributed by atoms with E-state index in [0.29, 0.717) is 17.5 Å². The number of aliphatic carboxylic acids is 1. The molecule has 0 aromatic heterocycles. The van der Waals surface area contributed by atoms with Gasteiger partial charge in [-0.25, -0.2) is 8.42 Å². The molecule has 1 aliphatic heterocycles. The first-order valence-electron chi connectivity index (χ1n) is 6.56. The summed E-state index contributed by atoms with van der Waals surface area (Å²) in [4.78, 5) is 11.1. The molecular formula is C14H16N2O4S. The Morgan fingerprint density at radius 2 is 2.24 bits per heavy atom. The van der Waals surface area contributed by atoms with Gasteiger partial charge in [0.15, 0.2) is 0 Å². The molecule has 21 heavy (non-hydrogen) atoms. The molecule has 1 aliphatic rings. The minimum Gasteiger partial charge on any atom is -0.481 e. The van der Waals surface area contributed by atoms with Crippen LogP contribution in [0, 0.1) is 17.2 Å². The summed E-state index contributed by atoms with van der Waals surface area (Å²) in [5.74, 6) is -1.85. The zero-order chi connectivity index (χ0) is 15.6. The Bertz CT molecular complexity index is 693. The minimum absolute atomic E-state index is 0.221. The Kier molecular flexibility index (Phi) is 4.30. The molecule has 1 fully saturated rings. The van der Waals surface area contributed by atoms with Crippen LogP contribution in [-0.4, -0.2) is 36.4 Å². The van der Waals surface area contributed by atoms with Gasteiger partial charge < -0.3 is 5.11 Å². The lowest BCUT2D eigenvalue weighted by Gasteiger charge is -2.22. The van der Waals surface area contributed by atoms with Crippen LogP contribution in [0.25, 0.3) is 0 Å². The topological polar surface area (TPSA) is 98.5 Å². The van der Waals surface area contributed by atoms with Gasteiger partial charge >= 0.3 is 5.97 Å². The summed E-state index contributed by atoms with van der Waals surface area (Å²) in [7, 11) is -3.59. The lowest BCUT2D eigenvalue weighted by atomic mass is 10.0. The van der Waals surface area contributed by atoms with E-state index in [1.165, 1.54) is 10.4 Å². The maximum absolute atomic E-state index is 12.4. The summed E-state index contributed by atoms with van der Waals surface area (Å²) in [5.41, 5.74) is 0.931. The normalized spacial score (nSPS) is 22.9. The van der Waals surface area contributed by atoms with Crippen molar-refractivity contribution in [3.8, 4) is 6.07 Å². The van der Waals surface area contributed by atoms with Crippen LogP contribution in [0.4, 0.5) is 0 Å². The number of benzene rings is 1. The fourth-order valence-corrected chi connectivity index (χ4v) is 4.46. The average molecular weight is 308 g/mol. The fraction of sp³-hybridized carbons (Fsp3) is 0.429. The molecule has 2 atom stereocenters. The van der Waals surface area contributed by atoms with Crippen molar-refractivity contribution in [2.75, 3.05) is 6.54 Å². The first kappa shape index (κ1) is 15.5. The lowest BCUT2D eigenvalue weighted by Crippen LogP contribution is -2.38. The van der Waals surface area contributed by atoms with E-state index in [9.17, 15) is 13.2 Å². The van der Waals surface area contributed by atoms with Crippen LogP contribution in [-0.2, 0) is 20.6 Å². The molecule has 112 valence electrons. The highest BCUT2D eigenvalue weighted by molar-refractivity contribution is 7.88. The Morgan fingerprint density at radius 1 is 1.52 bits per heavy atom. The van der Waals surface area contributed by atoms with Crippen molar-refractivity contribution in [3.63, 3.8) is 0 Å². The molecule has 6 nitrogen and oxygen atoms in total. The second-order valence-corrected chi connectivity index (χ2v) is 7.07. The number of hydrogen-bond donors (Lipinski definition) is 1. The maximum atomic E-state index is 12.4. The second kappa shape index (κ2) is 5.84. The van der Waals surface area contributed by atoms with Crippen molar-refractivity contribution in [1.29, 1.82) is 5.26 Å². The number of nitriles is 1. The van der Waals surface area contributed by atoms with Crippen molar-refractivity contribution >= 4 is 16.0 Å². The smallest absolute Gasteiger partial charge is 0.308 e. The van der Waals surface area contributed by atoms with Crippen LogP contribution >= 0.6 is 0 Å². The molecular weight excluding hydrogens is 292 g/mol. The minimum atomic E-state index is -3.59. The highest BCUT2D eigenvalue weighted by atomic mass is 32.2. The van der Waals surface area contributed by atoms with E-state index in [1.54, 1.807) is 25.1 Å². The van der Waals surface area contributed by atoms with E-state index in [0.717, 1.165) is 0 Å². The maximum Gasteiger partial charge on any atom is 0.308 e. The van der Waals surface area contributed by atoms with E-state index in [4.69, 9.17) is 10.4 Å². The molecule has 0 aliphatic carbocycles. The summed E-state index contributed by atoms with van der Waals surface area (Å²) in [6.07, 6.45) is 0.327. The highest BCUT2D eigenvalue weighted by Crippen LogP contribution is 2.28. The van der Waals surface area contributed by atoms with Crippen molar-refractivity contribution in [3.05, 3.63) is 35.4 Å². The second-order valence-electron chi connectivity index (χ2n) is 5.15. The van der Waals surface area contributed by atoms with Crippen LogP contribution in [0.15, 0.2) is 24.3 Å². The molecule has 0 saturated carbocycles. The summed E-state index contributed by atoms with van der Waals surface area (Å²) >= 11 is 0. The zero-order valence-electron chi connectivity index (χ0n) is 11.6. The van der Waals surface area contributed by atoms with Gasteiger partial charge in [-0.3, -0.25) is 4.79 Å². The van der Waals surface area contributed by atoms with Gasteiger partial charge in [-0.1, -0.05) is 12.1 Å². The van der Waals surface area contributed by atoms with E-state index in [-0.39, 0.29) is 12.3 Å². The number of sulfonamides is 1. The van der Waals surface area contributed by atoms with Crippen LogP contribution in [0.5, 0.6) is 0 Å². The predicted octanol–water partition coefficient (Wildman–Crippen LogP) is 1.18. The molecule has 2 rings (SSSR count). The molecule has 1 aromatic rings. The summed E-state index contributed by atoms with van der Waals surface area (Å²) in [5, 5.41) is 17.9.